The first-order chi connectivity index (χ1) is 5.68. The van der Waals surface area contributed by atoms with Gasteiger partial charge < -0.3 is 10.5 Å². The maximum absolute atomic E-state index is 5.65. The summed E-state index contributed by atoms with van der Waals surface area (Å²) in [5, 5.41) is 0. The van der Waals surface area contributed by atoms with Crippen molar-refractivity contribution in [2.75, 3.05) is 13.2 Å². The summed E-state index contributed by atoms with van der Waals surface area (Å²) in [4.78, 5) is 0. The van der Waals surface area contributed by atoms with Crippen molar-refractivity contribution in [2.45, 2.75) is 45.6 Å². The molecule has 1 rings (SSSR count). The number of hydrogen-bond acceptors (Lipinski definition) is 2. The zero-order chi connectivity index (χ0) is 9.03. The van der Waals surface area contributed by atoms with E-state index >= 15 is 0 Å². The van der Waals surface area contributed by atoms with Crippen molar-refractivity contribution in [3.8, 4) is 0 Å². The smallest absolute Gasteiger partial charge is 0.0526 e. The second kappa shape index (κ2) is 4.24. The van der Waals surface area contributed by atoms with Gasteiger partial charge in [-0.05, 0) is 45.1 Å². The first-order valence-electron chi connectivity index (χ1n) is 5.00. The van der Waals surface area contributed by atoms with Crippen molar-refractivity contribution in [2.24, 2.45) is 11.1 Å². The van der Waals surface area contributed by atoms with Crippen LogP contribution in [0, 0.1) is 5.41 Å². The zero-order valence-electron chi connectivity index (χ0n) is 8.31. The summed E-state index contributed by atoms with van der Waals surface area (Å²) in [6.07, 6.45) is 5.50. The van der Waals surface area contributed by atoms with E-state index in [1.807, 2.05) is 0 Å². The molecule has 0 unspecified atom stereocenters. The van der Waals surface area contributed by atoms with Gasteiger partial charge in [-0.15, -0.1) is 0 Å². The van der Waals surface area contributed by atoms with E-state index in [9.17, 15) is 0 Å². The summed E-state index contributed by atoms with van der Waals surface area (Å²) in [5.41, 5.74) is 6.03. The van der Waals surface area contributed by atoms with Crippen LogP contribution in [0.3, 0.4) is 0 Å². The maximum atomic E-state index is 5.65. The molecule has 72 valence electrons. The molecule has 1 saturated carbocycles. The molecule has 2 N–H and O–H groups in total. The number of rotatable bonds is 5. The Morgan fingerprint density at radius 3 is 2.42 bits per heavy atom. The fraction of sp³-hybridized carbons (Fsp3) is 1.00. The van der Waals surface area contributed by atoms with Crippen LogP contribution in [-0.2, 0) is 4.74 Å². The third-order valence-electron chi connectivity index (χ3n) is 2.81. The molecular formula is C10H21NO. The lowest BCUT2D eigenvalue weighted by atomic mass is 9.67. The molecule has 12 heavy (non-hydrogen) atoms. The minimum atomic E-state index is 0.361. The average molecular weight is 171 g/mol. The molecule has 0 radical (unpaired) electrons. The van der Waals surface area contributed by atoms with E-state index in [0.29, 0.717) is 11.5 Å². The Morgan fingerprint density at radius 1 is 1.42 bits per heavy atom. The Bertz CT molecular complexity index is 130. The predicted octanol–water partition coefficient (Wildman–Crippen LogP) is 1.93. The maximum Gasteiger partial charge on any atom is 0.0526 e. The van der Waals surface area contributed by atoms with E-state index in [1.165, 1.54) is 19.3 Å². The van der Waals surface area contributed by atoms with Crippen molar-refractivity contribution in [1.82, 2.24) is 0 Å². The van der Waals surface area contributed by atoms with E-state index < -0.39 is 0 Å². The molecule has 0 aliphatic heterocycles. The van der Waals surface area contributed by atoms with Gasteiger partial charge >= 0.3 is 0 Å². The van der Waals surface area contributed by atoms with Crippen molar-refractivity contribution in [3.63, 3.8) is 0 Å². The van der Waals surface area contributed by atoms with Crippen LogP contribution in [0.4, 0.5) is 0 Å². The Labute approximate surface area is 75.5 Å². The molecule has 0 spiro atoms. The molecule has 0 atom stereocenters. The molecule has 1 fully saturated rings. The van der Waals surface area contributed by atoms with Crippen molar-refractivity contribution in [3.05, 3.63) is 0 Å². The molecule has 0 amide bonds. The first kappa shape index (κ1) is 10.0. The fourth-order valence-electron chi connectivity index (χ4n) is 1.79. The monoisotopic (exact) mass is 171 g/mol. The van der Waals surface area contributed by atoms with Crippen LogP contribution in [0.1, 0.15) is 39.5 Å². The summed E-state index contributed by atoms with van der Waals surface area (Å²) in [6.45, 7) is 5.91. The topological polar surface area (TPSA) is 35.2 Å². The molecule has 0 aromatic rings. The number of ether oxygens (including phenoxy) is 1. The molecule has 0 heterocycles. The normalized spacial score (nSPS) is 21.0. The summed E-state index contributed by atoms with van der Waals surface area (Å²) >= 11 is 0. The van der Waals surface area contributed by atoms with Gasteiger partial charge in [-0.2, -0.15) is 0 Å². The molecule has 2 nitrogen and oxygen atoms in total. The SMILES string of the molecule is CC(C)OCC1(CCN)CCC1. The molecule has 0 aromatic carbocycles. The van der Waals surface area contributed by atoms with Crippen LogP contribution in [-0.4, -0.2) is 19.3 Å². The standard InChI is InChI=1S/C10H21NO/c1-9(2)12-8-10(6-7-11)4-3-5-10/h9H,3-8,11H2,1-2H3. The van der Waals surface area contributed by atoms with E-state index in [4.69, 9.17) is 10.5 Å². The molecule has 0 saturated heterocycles. The van der Waals surface area contributed by atoms with Crippen LogP contribution in [0.15, 0.2) is 0 Å². The Balaban J connectivity index is 2.24. The quantitative estimate of drug-likeness (QED) is 0.686. The zero-order valence-corrected chi connectivity index (χ0v) is 8.31. The lowest BCUT2D eigenvalue weighted by Gasteiger charge is -2.42. The van der Waals surface area contributed by atoms with Gasteiger partial charge in [0.1, 0.15) is 0 Å². The van der Waals surface area contributed by atoms with E-state index in [2.05, 4.69) is 13.8 Å². The van der Waals surface area contributed by atoms with Gasteiger partial charge in [-0.25, -0.2) is 0 Å². The van der Waals surface area contributed by atoms with E-state index in [1.54, 1.807) is 0 Å². The van der Waals surface area contributed by atoms with Crippen molar-refractivity contribution < 1.29 is 4.74 Å². The predicted molar refractivity (Wildman–Crippen MR) is 51.0 cm³/mol. The third-order valence-corrected chi connectivity index (χ3v) is 2.81. The minimum absolute atomic E-state index is 0.361. The Hall–Kier alpha value is -0.0800. The average Bonchev–Trinajstić information content (AvgIpc) is 1.94. The highest BCUT2D eigenvalue weighted by Gasteiger charge is 2.36. The summed E-state index contributed by atoms with van der Waals surface area (Å²) in [7, 11) is 0. The lowest BCUT2D eigenvalue weighted by molar-refractivity contribution is -0.0357. The number of nitrogens with two attached hydrogens (primary N) is 1. The van der Waals surface area contributed by atoms with Crippen LogP contribution < -0.4 is 5.73 Å². The third kappa shape index (κ3) is 2.46. The fourth-order valence-corrected chi connectivity index (χ4v) is 1.79. The largest absolute Gasteiger partial charge is 0.378 e. The molecular weight excluding hydrogens is 150 g/mol. The Kier molecular flexibility index (Phi) is 3.53. The second-order valence-electron chi connectivity index (χ2n) is 4.25. The van der Waals surface area contributed by atoms with Crippen molar-refractivity contribution in [1.29, 1.82) is 0 Å². The Morgan fingerprint density at radius 2 is 2.08 bits per heavy atom. The van der Waals surface area contributed by atoms with E-state index in [0.717, 1.165) is 19.6 Å². The summed E-state index contributed by atoms with van der Waals surface area (Å²) < 4.78 is 5.65. The number of hydrogen-bond donors (Lipinski definition) is 1. The minimum Gasteiger partial charge on any atom is -0.378 e. The van der Waals surface area contributed by atoms with Crippen molar-refractivity contribution >= 4 is 0 Å². The second-order valence-corrected chi connectivity index (χ2v) is 4.25. The van der Waals surface area contributed by atoms with Gasteiger partial charge in [0.2, 0.25) is 0 Å². The molecule has 1 aliphatic carbocycles. The molecule has 1 aliphatic rings. The van der Waals surface area contributed by atoms with Gasteiger partial charge in [-0.3, -0.25) is 0 Å². The molecule has 0 bridgehead atoms. The summed E-state index contributed by atoms with van der Waals surface area (Å²) in [6, 6.07) is 0. The van der Waals surface area contributed by atoms with Crippen LogP contribution in [0.2, 0.25) is 0 Å². The molecule has 0 aromatic heterocycles. The van der Waals surface area contributed by atoms with Gasteiger partial charge in [0.15, 0.2) is 0 Å². The van der Waals surface area contributed by atoms with Crippen LogP contribution in [0.5, 0.6) is 0 Å². The highest BCUT2D eigenvalue weighted by molar-refractivity contribution is 4.87. The highest BCUT2D eigenvalue weighted by Crippen LogP contribution is 2.43. The van der Waals surface area contributed by atoms with Gasteiger partial charge in [-0.1, -0.05) is 6.42 Å². The van der Waals surface area contributed by atoms with Gasteiger partial charge in [0.25, 0.3) is 0 Å². The van der Waals surface area contributed by atoms with Crippen LogP contribution >= 0.6 is 0 Å². The first-order valence-corrected chi connectivity index (χ1v) is 5.00. The van der Waals surface area contributed by atoms with Gasteiger partial charge in [0, 0.05) is 0 Å². The summed E-state index contributed by atoms with van der Waals surface area (Å²) in [5.74, 6) is 0. The van der Waals surface area contributed by atoms with Crippen LogP contribution in [0.25, 0.3) is 0 Å². The highest BCUT2D eigenvalue weighted by atomic mass is 16.5. The molecule has 2 heteroatoms. The van der Waals surface area contributed by atoms with E-state index in [-0.39, 0.29) is 0 Å². The lowest BCUT2D eigenvalue weighted by Crippen LogP contribution is -2.37. The van der Waals surface area contributed by atoms with Gasteiger partial charge in [0.05, 0.1) is 12.7 Å².